The van der Waals surface area contributed by atoms with Crippen molar-refractivity contribution in [3.05, 3.63) is 54.6 Å². The van der Waals surface area contributed by atoms with Crippen LogP contribution in [0.5, 0.6) is 5.75 Å². The van der Waals surface area contributed by atoms with Gasteiger partial charge in [-0.15, -0.1) is 0 Å². The lowest BCUT2D eigenvalue weighted by Gasteiger charge is -2.17. The van der Waals surface area contributed by atoms with Gasteiger partial charge in [-0.3, -0.25) is 9.59 Å². The van der Waals surface area contributed by atoms with Crippen molar-refractivity contribution < 1.29 is 14.3 Å². The summed E-state index contributed by atoms with van der Waals surface area (Å²) in [5.41, 5.74) is 0.589. The first-order chi connectivity index (χ1) is 11.5. The fourth-order valence-corrected chi connectivity index (χ4v) is 2.58. The largest absolute Gasteiger partial charge is 0.481 e. The normalized spacial score (nSPS) is 11.5. The highest BCUT2D eigenvalue weighted by Gasteiger charge is 2.17. The van der Waals surface area contributed by atoms with Crippen LogP contribution in [0.1, 0.15) is 6.92 Å². The first-order valence-electron chi connectivity index (χ1n) is 7.48. The first kappa shape index (κ1) is 17.9. The summed E-state index contributed by atoms with van der Waals surface area (Å²) >= 11 is 1.07. The molecule has 2 aromatic carbocycles. The smallest absolute Gasteiger partial charge is 0.286 e. The zero-order valence-corrected chi connectivity index (χ0v) is 14.7. The van der Waals surface area contributed by atoms with Crippen LogP contribution in [-0.4, -0.2) is 36.2 Å². The minimum atomic E-state index is -0.657. The zero-order valence-electron chi connectivity index (χ0n) is 13.9. The summed E-state index contributed by atoms with van der Waals surface area (Å²) < 4.78 is 5.61. The molecule has 2 aromatic rings. The lowest BCUT2D eigenvalue weighted by atomic mass is 10.3. The Bertz CT molecular complexity index is 704. The van der Waals surface area contributed by atoms with E-state index in [2.05, 4.69) is 5.32 Å². The number of nitrogens with one attached hydrogen (secondary N) is 1. The van der Waals surface area contributed by atoms with Crippen LogP contribution in [0, 0.1) is 0 Å². The number of nitrogens with zero attached hydrogens (tertiary/aromatic N) is 1. The molecule has 0 fully saturated rings. The third-order valence-corrected chi connectivity index (χ3v) is 4.25. The Hall–Kier alpha value is -2.47. The van der Waals surface area contributed by atoms with Crippen LogP contribution in [0.2, 0.25) is 0 Å². The van der Waals surface area contributed by atoms with Crippen LogP contribution in [-0.2, 0) is 4.79 Å². The zero-order chi connectivity index (χ0) is 17.5. The molecule has 2 rings (SSSR count). The van der Waals surface area contributed by atoms with Gasteiger partial charge in [0.05, 0.1) is 5.69 Å². The molecule has 0 aliphatic carbocycles. The van der Waals surface area contributed by atoms with Crippen molar-refractivity contribution in [2.24, 2.45) is 0 Å². The predicted molar refractivity (Wildman–Crippen MR) is 96.5 cm³/mol. The third-order valence-electron chi connectivity index (χ3n) is 3.13. The van der Waals surface area contributed by atoms with E-state index >= 15 is 0 Å². The van der Waals surface area contributed by atoms with Crippen LogP contribution in [0.3, 0.4) is 0 Å². The summed E-state index contributed by atoms with van der Waals surface area (Å²) in [7, 11) is 3.37. The molecule has 0 saturated carbocycles. The van der Waals surface area contributed by atoms with Gasteiger partial charge in [0.2, 0.25) is 0 Å². The Kier molecular flexibility index (Phi) is 6.26. The van der Waals surface area contributed by atoms with Crippen LogP contribution in [0.4, 0.5) is 10.5 Å². The molecule has 0 aliphatic heterocycles. The third kappa shape index (κ3) is 5.03. The maximum absolute atomic E-state index is 12.3. The van der Waals surface area contributed by atoms with E-state index in [1.165, 1.54) is 4.90 Å². The molecular weight excluding hydrogens is 324 g/mol. The highest BCUT2D eigenvalue weighted by atomic mass is 32.2. The van der Waals surface area contributed by atoms with Gasteiger partial charge in [-0.05, 0) is 43.0 Å². The quantitative estimate of drug-likeness (QED) is 0.837. The molecule has 0 aliphatic rings. The van der Waals surface area contributed by atoms with Gasteiger partial charge >= 0.3 is 0 Å². The molecule has 5 nitrogen and oxygen atoms in total. The van der Waals surface area contributed by atoms with Gasteiger partial charge in [0.25, 0.3) is 11.1 Å². The first-order valence-corrected chi connectivity index (χ1v) is 8.29. The van der Waals surface area contributed by atoms with E-state index in [0.717, 1.165) is 11.8 Å². The number of thioether (sulfide) groups is 1. The van der Waals surface area contributed by atoms with Crippen molar-refractivity contribution >= 4 is 28.6 Å². The number of para-hydroxylation sites is 2. The highest BCUT2D eigenvalue weighted by Crippen LogP contribution is 2.28. The molecule has 1 atom stereocenters. The summed E-state index contributed by atoms with van der Waals surface area (Å²) in [4.78, 5) is 26.4. The van der Waals surface area contributed by atoms with Gasteiger partial charge in [0.1, 0.15) is 5.75 Å². The average molecular weight is 344 g/mol. The van der Waals surface area contributed by atoms with Crippen molar-refractivity contribution in [2.75, 3.05) is 19.4 Å². The molecule has 0 bridgehead atoms. The number of hydrogen-bond donors (Lipinski definition) is 1. The van der Waals surface area contributed by atoms with Gasteiger partial charge in [-0.2, -0.15) is 0 Å². The van der Waals surface area contributed by atoms with Crippen LogP contribution >= 0.6 is 11.8 Å². The summed E-state index contributed by atoms with van der Waals surface area (Å²) in [6, 6.07) is 16.4. The number of amides is 2. The summed E-state index contributed by atoms with van der Waals surface area (Å²) in [5.74, 6) is 0.356. The maximum Gasteiger partial charge on any atom is 0.286 e. The molecule has 24 heavy (non-hydrogen) atoms. The summed E-state index contributed by atoms with van der Waals surface area (Å²) in [6.45, 7) is 1.68. The topological polar surface area (TPSA) is 58.6 Å². The van der Waals surface area contributed by atoms with Gasteiger partial charge in [-0.25, -0.2) is 0 Å². The second-order valence-corrected chi connectivity index (χ2v) is 6.31. The van der Waals surface area contributed by atoms with Gasteiger partial charge in [0.15, 0.2) is 6.10 Å². The van der Waals surface area contributed by atoms with Crippen molar-refractivity contribution in [3.63, 3.8) is 0 Å². The van der Waals surface area contributed by atoms with Crippen LogP contribution in [0.15, 0.2) is 59.5 Å². The van der Waals surface area contributed by atoms with Crippen molar-refractivity contribution in [1.82, 2.24) is 4.90 Å². The van der Waals surface area contributed by atoms with Crippen LogP contribution in [0.25, 0.3) is 0 Å². The Morgan fingerprint density at radius 3 is 2.33 bits per heavy atom. The number of anilines is 1. The van der Waals surface area contributed by atoms with Crippen molar-refractivity contribution in [2.45, 2.75) is 17.9 Å². The van der Waals surface area contributed by atoms with Crippen molar-refractivity contribution in [3.8, 4) is 5.75 Å². The molecular formula is C18H20N2O3S. The fourth-order valence-electron chi connectivity index (χ4n) is 1.84. The van der Waals surface area contributed by atoms with Crippen LogP contribution < -0.4 is 10.1 Å². The Morgan fingerprint density at radius 1 is 1.04 bits per heavy atom. The number of rotatable bonds is 5. The van der Waals surface area contributed by atoms with E-state index in [1.807, 2.05) is 30.3 Å². The molecule has 0 heterocycles. The molecule has 0 spiro atoms. The van der Waals surface area contributed by atoms with Gasteiger partial charge in [0, 0.05) is 19.0 Å². The van der Waals surface area contributed by atoms with E-state index in [9.17, 15) is 9.59 Å². The number of carbonyl (C=O) groups excluding carboxylic acids is 2. The molecule has 126 valence electrons. The van der Waals surface area contributed by atoms with E-state index in [4.69, 9.17) is 4.74 Å². The molecule has 0 saturated heterocycles. The van der Waals surface area contributed by atoms with E-state index < -0.39 is 6.10 Å². The van der Waals surface area contributed by atoms with E-state index in [0.29, 0.717) is 16.3 Å². The summed E-state index contributed by atoms with van der Waals surface area (Å²) in [5, 5.41) is 2.71. The lowest BCUT2D eigenvalue weighted by Crippen LogP contribution is -2.30. The molecule has 0 unspecified atom stereocenters. The Morgan fingerprint density at radius 2 is 1.67 bits per heavy atom. The fraction of sp³-hybridized carbons (Fsp3) is 0.222. The molecule has 0 radical (unpaired) electrons. The average Bonchev–Trinajstić information content (AvgIpc) is 2.57. The Labute approximate surface area is 146 Å². The maximum atomic E-state index is 12.3. The number of benzene rings is 2. The number of hydrogen-bond acceptors (Lipinski definition) is 4. The molecule has 1 N–H and O–H groups in total. The standard InChI is InChI=1S/C18H20N2O3S/c1-13(23-14-9-5-4-6-10-14)17(21)19-15-11-7-8-12-16(15)24-18(22)20(2)3/h4-13H,1-3H3,(H,19,21)/t13-/m0/s1. The predicted octanol–water partition coefficient (Wildman–Crippen LogP) is 3.87. The Balaban J connectivity index is 2.04. The molecule has 0 aromatic heterocycles. The van der Waals surface area contributed by atoms with E-state index in [-0.39, 0.29) is 11.1 Å². The lowest BCUT2D eigenvalue weighted by molar-refractivity contribution is -0.122. The minimum absolute atomic E-state index is 0.106. The van der Waals surface area contributed by atoms with E-state index in [1.54, 1.807) is 45.3 Å². The molecule has 2 amide bonds. The number of ether oxygens (including phenoxy) is 1. The summed E-state index contributed by atoms with van der Waals surface area (Å²) in [6.07, 6.45) is -0.657. The second-order valence-electron chi connectivity index (χ2n) is 5.32. The molecule has 6 heteroatoms. The van der Waals surface area contributed by atoms with Gasteiger partial charge in [-0.1, -0.05) is 30.3 Å². The minimum Gasteiger partial charge on any atom is -0.481 e. The van der Waals surface area contributed by atoms with Gasteiger partial charge < -0.3 is 15.0 Å². The number of carbonyl (C=O) groups is 2. The second kappa shape index (κ2) is 8.40. The monoisotopic (exact) mass is 344 g/mol. The van der Waals surface area contributed by atoms with Crippen molar-refractivity contribution in [1.29, 1.82) is 0 Å². The highest BCUT2D eigenvalue weighted by molar-refractivity contribution is 8.13. The SMILES string of the molecule is C[C@H](Oc1ccccc1)C(=O)Nc1ccccc1SC(=O)N(C)C.